The SMILES string of the molecule is CCOC(=O)Cn1c(=NC(=O)c2ccc(-c3ccccc3)cc2)sc2cc(C)ccc21. The summed E-state index contributed by atoms with van der Waals surface area (Å²) in [6.07, 6.45) is 0. The predicted molar refractivity (Wildman–Crippen MR) is 123 cm³/mol. The highest BCUT2D eigenvalue weighted by atomic mass is 32.1. The van der Waals surface area contributed by atoms with Crippen molar-refractivity contribution in [2.45, 2.75) is 20.4 Å². The summed E-state index contributed by atoms with van der Waals surface area (Å²) in [5, 5.41) is 0. The first-order valence-electron chi connectivity index (χ1n) is 10.1. The van der Waals surface area contributed by atoms with Gasteiger partial charge in [-0.3, -0.25) is 9.59 Å². The molecule has 0 aliphatic rings. The molecule has 0 unspecified atom stereocenters. The molecule has 4 rings (SSSR count). The van der Waals surface area contributed by atoms with E-state index in [4.69, 9.17) is 4.74 Å². The average molecular weight is 431 g/mol. The number of rotatable bonds is 5. The number of hydrogen-bond acceptors (Lipinski definition) is 4. The van der Waals surface area contributed by atoms with Crippen molar-refractivity contribution in [1.29, 1.82) is 0 Å². The molecule has 31 heavy (non-hydrogen) atoms. The Morgan fingerprint density at radius 1 is 0.968 bits per heavy atom. The molecule has 4 aromatic rings. The van der Waals surface area contributed by atoms with E-state index in [-0.39, 0.29) is 18.4 Å². The Morgan fingerprint density at radius 3 is 2.39 bits per heavy atom. The van der Waals surface area contributed by atoms with Crippen LogP contribution in [0.5, 0.6) is 0 Å². The average Bonchev–Trinajstić information content (AvgIpc) is 3.10. The van der Waals surface area contributed by atoms with Crippen LogP contribution in [0.3, 0.4) is 0 Å². The van der Waals surface area contributed by atoms with Gasteiger partial charge in [0, 0.05) is 5.56 Å². The molecule has 0 saturated heterocycles. The van der Waals surface area contributed by atoms with E-state index in [0.29, 0.717) is 17.0 Å². The third kappa shape index (κ3) is 4.64. The number of aromatic nitrogens is 1. The fourth-order valence-corrected chi connectivity index (χ4v) is 4.47. The number of fused-ring (bicyclic) bond motifs is 1. The first kappa shape index (κ1) is 20.8. The van der Waals surface area contributed by atoms with Crippen molar-refractivity contribution >= 4 is 33.4 Å². The number of thiazole rings is 1. The molecule has 0 saturated carbocycles. The second kappa shape index (κ2) is 9.10. The number of ether oxygens (including phenoxy) is 1. The number of benzene rings is 3. The maximum atomic E-state index is 12.9. The highest BCUT2D eigenvalue weighted by Crippen LogP contribution is 2.21. The topological polar surface area (TPSA) is 60.7 Å². The van der Waals surface area contributed by atoms with Crippen molar-refractivity contribution in [3.8, 4) is 11.1 Å². The zero-order valence-corrected chi connectivity index (χ0v) is 18.2. The van der Waals surface area contributed by atoms with Crippen LogP contribution in [0.25, 0.3) is 21.3 Å². The highest BCUT2D eigenvalue weighted by molar-refractivity contribution is 7.16. The summed E-state index contributed by atoms with van der Waals surface area (Å²) in [6.45, 7) is 4.09. The zero-order valence-electron chi connectivity index (χ0n) is 17.4. The molecule has 1 heterocycles. The molecule has 1 aromatic heterocycles. The third-order valence-corrected chi connectivity index (χ3v) is 5.91. The Hall–Kier alpha value is -3.51. The quantitative estimate of drug-likeness (QED) is 0.420. The molecule has 0 bridgehead atoms. The van der Waals surface area contributed by atoms with E-state index in [1.807, 2.05) is 67.6 Å². The number of carbonyl (C=O) groups is 2. The van der Waals surface area contributed by atoms with E-state index in [2.05, 4.69) is 4.99 Å². The summed E-state index contributed by atoms with van der Waals surface area (Å²) < 4.78 is 7.82. The molecule has 6 heteroatoms. The summed E-state index contributed by atoms with van der Waals surface area (Å²) in [6, 6.07) is 23.3. The normalized spacial score (nSPS) is 11.6. The van der Waals surface area contributed by atoms with Gasteiger partial charge in [0.25, 0.3) is 5.91 Å². The van der Waals surface area contributed by atoms with Crippen LogP contribution < -0.4 is 4.80 Å². The van der Waals surface area contributed by atoms with Crippen LogP contribution >= 0.6 is 11.3 Å². The molecular formula is C25H22N2O3S. The molecule has 0 N–H and O–H groups in total. The van der Waals surface area contributed by atoms with Gasteiger partial charge in [0.2, 0.25) is 0 Å². The summed E-state index contributed by atoms with van der Waals surface area (Å²) in [5.41, 5.74) is 4.58. The first-order valence-corrected chi connectivity index (χ1v) is 10.9. The molecule has 3 aromatic carbocycles. The number of nitrogens with zero attached hydrogens (tertiary/aromatic N) is 2. The minimum atomic E-state index is -0.358. The van der Waals surface area contributed by atoms with Crippen molar-refractivity contribution < 1.29 is 14.3 Å². The van der Waals surface area contributed by atoms with Crippen molar-refractivity contribution in [3.05, 3.63) is 88.7 Å². The fraction of sp³-hybridized carbons (Fsp3) is 0.160. The second-order valence-corrected chi connectivity index (χ2v) is 8.12. The molecule has 5 nitrogen and oxygen atoms in total. The molecule has 0 radical (unpaired) electrons. The van der Waals surface area contributed by atoms with Gasteiger partial charge in [-0.1, -0.05) is 59.9 Å². The van der Waals surface area contributed by atoms with Crippen molar-refractivity contribution in [2.24, 2.45) is 4.99 Å². The van der Waals surface area contributed by atoms with Gasteiger partial charge in [-0.15, -0.1) is 0 Å². The zero-order chi connectivity index (χ0) is 21.8. The minimum Gasteiger partial charge on any atom is -0.465 e. The lowest BCUT2D eigenvalue weighted by Crippen LogP contribution is -2.23. The van der Waals surface area contributed by atoms with Crippen molar-refractivity contribution in [1.82, 2.24) is 4.57 Å². The Labute approximate surface area is 184 Å². The lowest BCUT2D eigenvalue weighted by atomic mass is 10.0. The fourth-order valence-electron chi connectivity index (χ4n) is 3.34. The van der Waals surface area contributed by atoms with Crippen LogP contribution in [0, 0.1) is 6.92 Å². The Balaban J connectivity index is 1.70. The molecule has 0 aliphatic heterocycles. The van der Waals surface area contributed by atoms with Crippen molar-refractivity contribution in [3.63, 3.8) is 0 Å². The van der Waals surface area contributed by atoms with Crippen LogP contribution in [-0.4, -0.2) is 23.1 Å². The molecule has 0 fully saturated rings. The highest BCUT2D eigenvalue weighted by Gasteiger charge is 2.13. The number of aryl methyl sites for hydroxylation is 1. The molecule has 0 spiro atoms. The maximum Gasteiger partial charge on any atom is 0.326 e. The summed E-state index contributed by atoms with van der Waals surface area (Å²) >= 11 is 1.39. The van der Waals surface area contributed by atoms with Gasteiger partial charge in [-0.2, -0.15) is 4.99 Å². The van der Waals surface area contributed by atoms with E-state index in [1.165, 1.54) is 11.3 Å². The Morgan fingerprint density at radius 2 is 1.68 bits per heavy atom. The lowest BCUT2D eigenvalue weighted by molar-refractivity contribution is -0.143. The van der Waals surface area contributed by atoms with Gasteiger partial charge in [-0.25, -0.2) is 0 Å². The van der Waals surface area contributed by atoms with Gasteiger partial charge >= 0.3 is 5.97 Å². The Kier molecular flexibility index (Phi) is 6.09. The van der Waals surface area contributed by atoms with E-state index in [1.54, 1.807) is 23.6 Å². The van der Waals surface area contributed by atoms with Crippen molar-refractivity contribution in [2.75, 3.05) is 6.61 Å². The first-order chi connectivity index (χ1) is 15.0. The number of carbonyl (C=O) groups excluding carboxylic acids is 2. The summed E-state index contributed by atoms with van der Waals surface area (Å²) in [7, 11) is 0. The van der Waals surface area contributed by atoms with E-state index in [9.17, 15) is 9.59 Å². The van der Waals surface area contributed by atoms with E-state index < -0.39 is 0 Å². The minimum absolute atomic E-state index is 0.00988. The van der Waals surface area contributed by atoms with Crippen LogP contribution in [-0.2, 0) is 16.1 Å². The number of hydrogen-bond donors (Lipinski definition) is 0. The van der Waals surface area contributed by atoms with Crippen LogP contribution in [0.15, 0.2) is 77.8 Å². The number of amides is 1. The number of esters is 1. The van der Waals surface area contributed by atoms with Crippen LogP contribution in [0.4, 0.5) is 0 Å². The van der Waals surface area contributed by atoms with Crippen LogP contribution in [0.2, 0.25) is 0 Å². The maximum absolute atomic E-state index is 12.9. The lowest BCUT2D eigenvalue weighted by Gasteiger charge is -2.05. The van der Waals surface area contributed by atoms with Gasteiger partial charge in [0.1, 0.15) is 6.54 Å². The molecule has 1 amide bonds. The van der Waals surface area contributed by atoms with E-state index >= 15 is 0 Å². The smallest absolute Gasteiger partial charge is 0.326 e. The van der Waals surface area contributed by atoms with Crippen LogP contribution in [0.1, 0.15) is 22.8 Å². The molecule has 0 aliphatic carbocycles. The predicted octanol–water partition coefficient (Wildman–Crippen LogP) is 4.98. The third-order valence-electron chi connectivity index (χ3n) is 4.87. The van der Waals surface area contributed by atoms with Gasteiger partial charge in [-0.05, 0) is 54.8 Å². The monoisotopic (exact) mass is 430 g/mol. The van der Waals surface area contributed by atoms with Gasteiger partial charge in [0.15, 0.2) is 4.80 Å². The summed E-state index contributed by atoms with van der Waals surface area (Å²) in [5.74, 6) is -0.704. The standard InChI is InChI=1S/C25H22N2O3S/c1-3-30-23(28)16-27-21-14-9-17(2)15-22(21)31-25(27)26-24(29)20-12-10-19(11-13-20)18-7-5-4-6-8-18/h4-15H,3,16H2,1-2H3. The second-order valence-electron chi connectivity index (χ2n) is 7.11. The Bertz CT molecular complexity index is 1300. The molecule has 156 valence electrons. The van der Waals surface area contributed by atoms with Gasteiger partial charge < -0.3 is 9.30 Å². The largest absolute Gasteiger partial charge is 0.465 e. The summed E-state index contributed by atoms with van der Waals surface area (Å²) in [4.78, 5) is 29.8. The molecule has 0 atom stereocenters. The molecular weight excluding hydrogens is 408 g/mol. The van der Waals surface area contributed by atoms with E-state index in [0.717, 1.165) is 26.9 Å². The van der Waals surface area contributed by atoms with Gasteiger partial charge in [0.05, 0.1) is 16.8 Å².